The maximum absolute atomic E-state index is 10.7. The van der Waals surface area contributed by atoms with Crippen molar-refractivity contribution >= 4 is 27.3 Å². The SMILES string of the molecule is COc1cc([N+](=O)[O-])ccc1Oc1ncc(N)cc1Br. The van der Waals surface area contributed by atoms with Gasteiger partial charge in [0.15, 0.2) is 11.5 Å². The third kappa shape index (κ3) is 2.97. The van der Waals surface area contributed by atoms with E-state index in [1.54, 1.807) is 6.07 Å². The molecule has 0 aliphatic rings. The highest BCUT2D eigenvalue weighted by molar-refractivity contribution is 9.10. The summed E-state index contributed by atoms with van der Waals surface area (Å²) >= 11 is 3.27. The van der Waals surface area contributed by atoms with Crippen LogP contribution in [0.15, 0.2) is 34.9 Å². The van der Waals surface area contributed by atoms with Crippen molar-refractivity contribution in [3.8, 4) is 17.4 Å². The minimum Gasteiger partial charge on any atom is -0.493 e. The zero-order chi connectivity index (χ0) is 14.7. The Labute approximate surface area is 122 Å². The van der Waals surface area contributed by atoms with Gasteiger partial charge in [0.25, 0.3) is 5.69 Å². The summed E-state index contributed by atoms with van der Waals surface area (Å²) in [6, 6.07) is 5.69. The number of aromatic nitrogens is 1. The number of halogens is 1. The highest BCUT2D eigenvalue weighted by Crippen LogP contribution is 2.36. The number of nitrogens with two attached hydrogens (primary N) is 1. The Hall–Kier alpha value is -2.35. The number of pyridine rings is 1. The summed E-state index contributed by atoms with van der Waals surface area (Å²) in [5, 5.41) is 10.7. The molecule has 2 aromatic rings. The van der Waals surface area contributed by atoms with E-state index in [1.165, 1.54) is 31.5 Å². The number of ether oxygens (including phenoxy) is 2. The predicted molar refractivity (Wildman–Crippen MR) is 76.1 cm³/mol. The van der Waals surface area contributed by atoms with Crippen LogP contribution in [0.3, 0.4) is 0 Å². The summed E-state index contributed by atoms with van der Waals surface area (Å²) in [5.74, 6) is 0.840. The number of nitrogen functional groups attached to an aromatic ring is 1. The van der Waals surface area contributed by atoms with Gasteiger partial charge in [-0.1, -0.05) is 0 Å². The molecule has 104 valence electrons. The minimum atomic E-state index is -0.510. The van der Waals surface area contributed by atoms with Gasteiger partial charge in [-0.15, -0.1) is 0 Å². The molecule has 8 heteroatoms. The third-order valence-corrected chi connectivity index (χ3v) is 2.96. The molecule has 1 heterocycles. The lowest BCUT2D eigenvalue weighted by Crippen LogP contribution is -1.96. The van der Waals surface area contributed by atoms with Crippen LogP contribution in [-0.2, 0) is 0 Å². The quantitative estimate of drug-likeness (QED) is 0.678. The number of non-ortho nitro benzene ring substituents is 1. The van der Waals surface area contributed by atoms with E-state index in [0.29, 0.717) is 15.9 Å². The average molecular weight is 340 g/mol. The van der Waals surface area contributed by atoms with Crippen LogP contribution in [-0.4, -0.2) is 17.0 Å². The fraction of sp³-hybridized carbons (Fsp3) is 0.0833. The number of nitrogens with zero attached hydrogens (tertiary/aromatic N) is 2. The molecular formula is C12H10BrN3O4. The molecule has 0 radical (unpaired) electrons. The van der Waals surface area contributed by atoms with Crippen molar-refractivity contribution in [3.05, 3.63) is 45.0 Å². The van der Waals surface area contributed by atoms with E-state index in [-0.39, 0.29) is 17.3 Å². The molecule has 0 aliphatic heterocycles. The maximum atomic E-state index is 10.7. The standard InChI is InChI=1S/C12H10BrN3O4/c1-19-11-5-8(16(17)18)2-3-10(11)20-12-9(13)4-7(14)6-15-12/h2-6H,14H2,1H3. The fourth-order valence-corrected chi connectivity index (χ4v) is 1.92. The van der Waals surface area contributed by atoms with Gasteiger partial charge in [-0.25, -0.2) is 4.98 Å². The lowest BCUT2D eigenvalue weighted by molar-refractivity contribution is -0.384. The number of methoxy groups -OCH3 is 1. The number of benzene rings is 1. The van der Waals surface area contributed by atoms with Gasteiger partial charge in [0.2, 0.25) is 5.88 Å². The van der Waals surface area contributed by atoms with Crippen LogP contribution in [0.25, 0.3) is 0 Å². The zero-order valence-electron chi connectivity index (χ0n) is 10.4. The first-order valence-electron chi connectivity index (χ1n) is 5.42. The lowest BCUT2D eigenvalue weighted by Gasteiger charge is -2.10. The van der Waals surface area contributed by atoms with Gasteiger partial charge in [0, 0.05) is 6.07 Å². The molecule has 0 saturated heterocycles. The van der Waals surface area contributed by atoms with E-state index in [1.807, 2.05) is 0 Å². The molecule has 20 heavy (non-hydrogen) atoms. The molecule has 1 aromatic carbocycles. The van der Waals surface area contributed by atoms with Crippen LogP contribution in [0, 0.1) is 10.1 Å². The topological polar surface area (TPSA) is 101 Å². The largest absolute Gasteiger partial charge is 0.493 e. The van der Waals surface area contributed by atoms with Gasteiger partial charge in [-0.3, -0.25) is 10.1 Å². The number of anilines is 1. The fourth-order valence-electron chi connectivity index (χ4n) is 1.47. The van der Waals surface area contributed by atoms with E-state index in [2.05, 4.69) is 20.9 Å². The molecule has 0 atom stereocenters. The highest BCUT2D eigenvalue weighted by atomic mass is 79.9. The molecule has 1 aromatic heterocycles. The number of rotatable bonds is 4. The summed E-state index contributed by atoms with van der Waals surface area (Å²) in [6.07, 6.45) is 1.44. The highest BCUT2D eigenvalue weighted by Gasteiger charge is 2.14. The van der Waals surface area contributed by atoms with E-state index in [4.69, 9.17) is 15.2 Å². The third-order valence-electron chi connectivity index (χ3n) is 2.39. The van der Waals surface area contributed by atoms with Gasteiger partial charge in [0.1, 0.15) is 0 Å². The van der Waals surface area contributed by atoms with E-state index in [0.717, 1.165) is 0 Å². The second-order valence-corrected chi connectivity index (χ2v) is 4.60. The van der Waals surface area contributed by atoms with Gasteiger partial charge in [-0.2, -0.15) is 0 Å². The Morgan fingerprint density at radius 3 is 2.70 bits per heavy atom. The minimum absolute atomic E-state index is 0.0847. The molecule has 0 unspecified atom stereocenters. The Morgan fingerprint density at radius 2 is 2.10 bits per heavy atom. The summed E-state index contributed by atoms with van der Waals surface area (Å²) in [7, 11) is 1.40. The van der Waals surface area contributed by atoms with Gasteiger partial charge >= 0.3 is 0 Å². The smallest absolute Gasteiger partial charge is 0.273 e. The number of hydrogen-bond acceptors (Lipinski definition) is 6. The Balaban J connectivity index is 2.35. The molecule has 0 fully saturated rings. The molecular weight excluding hydrogens is 330 g/mol. The van der Waals surface area contributed by atoms with Crippen molar-refractivity contribution in [2.75, 3.05) is 12.8 Å². The molecule has 0 saturated carbocycles. The summed E-state index contributed by atoms with van der Waals surface area (Å²) in [6.45, 7) is 0. The number of nitro benzene ring substituents is 1. The predicted octanol–water partition coefficient (Wildman–Crippen LogP) is 3.14. The Kier molecular flexibility index (Phi) is 4.04. The van der Waals surface area contributed by atoms with E-state index < -0.39 is 4.92 Å². The van der Waals surface area contributed by atoms with Crippen molar-refractivity contribution in [2.45, 2.75) is 0 Å². The van der Waals surface area contributed by atoms with Crippen LogP contribution in [0.5, 0.6) is 17.4 Å². The van der Waals surface area contributed by atoms with Crippen LogP contribution < -0.4 is 15.2 Å². The van der Waals surface area contributed by atoms with E-state index >= 15 is 0 Å². The van der Waals surface area contributed by atoms with Crippen LogP contribution in [0.2, 0.25) is 0 Å². The summed E-state index contributed by atoms with van der Waals surface area (Å²) in [5.41, 5.74) is 5.98. The van der Waals surface area contributed by atoms with Crippen LogP contribution >= 0.6 is 15.9 Å². The lowest BCUT2D eigenvalue weighted by atomic mass is 10.3. The summed E-state index contributed by atoms with van der Waals surface area (Å²) in [4.78, 5) is 14.2. The first-order chi connectivity index (χ1) is 9.51. The van der Waals surface area contributed by atoms with Gasteiger partial charge in [0.05, 0.1) is 34.5 Å². The van der Waals surface area contributed by atoms with Crippen molar-refractivity contribution in [2.24, 2.45) is 0 Å². The molecule has 2 rings (SSSR count). The van der Waals surface area contributed by atoms with Crippen molar-refractivity contribution < 1.29 is 14.4 Å². The molecule has 0 amide bonds. The first-order valence-corrected chi connectivity index (χ1v) is 6.22. The Bertz CT molecular complexity index is 663. The molecule has 0 aliphatic carbocycles. The molecule has 7 nitrogen and oxygen atoms in total. The normalized spacial score (nSPS) is 10.1. The van der Waals surface area contributed by atoms with Crippen molar-refractivity contribution in [1.82, 2.24) is 4.98 Å². The van der Waals surface area contributed by atoms with E-state index in [9.17, 15) is 10.1 Å². The first kappa shape index (κ1) is 14.1. The molecule has 0 bridgehead atoms. The average Bonchev–Trinajstić information content (AvgIpc) is 2.42. The van der Waals surface area contributed by atoms with Crippen molar-refractivity contribution in [3.63, 3.8) is 0 Å². The van der Waals surface area contributed by atoms with Gasteiger partial charge in [-0.05, 0) is 28.1 Å². The number of nitro groups is 1. The summed E-state index contributed by atoms with van der Waals surface area (Å²) < 4.78 is 11.2. The zero-order valence-corrected chi connectivity index (χ0v) is 12.0. The molecule has 0 spiro atoms. The maximum Gasteiger partial charge on any atom is 0.273 e. The second kappa shape index (κ2) is 5.74. The van der Waals surface area contributed by atoms with Crippen LogP contribution in [0.4, 0.5) is 11.4 Å². The Morgan fingerprint density at radius 1 is 1.35 bits per heavy atom. The molecule has 2 N–H and O–H groups in total. The van der Waals surface area contributed by atoms with Gasteiger partial charge < -0.3 is 15.2 Å². The second-order valence-electron chi connectivity index (χ2n) is 3.75. The van der Waals surface area contributed by atoms with Crippen molar-refractivity contribution in [1.29, 1.82) is 0 Å². The van der Waals surface area contributed by atoms with Crippen LogP contribution in [0.1, 0.15) is 0 Å². The number of hydrogen-bond donors (Lipinski definition) is 1. The monoisotopic (exact) mass is 339 g/mol.